The number of hydrogen-bond donors (Lipinski definition) is 2. The first kappa shape index (κ1) is 18.2. The Morgan fingerprint density at radius 1 is 1.30 bits per heavy atom. The van der Waals surface area contributed by atoms with Gasteiger partial charge < -0.3 is 11.1 Å². The Morgan fingerprint density at radius 2 is 2.00 bits per heavy atom. The molecule has 0 saturated heterocycles. The molecule has 0 spiro atoms. The van der Waals surface area contributed by atoms with Crippen molar-refractivity contribution in [3.63, 3.8) is 0 Å². The molecule has 3 N–H and O–H groups in total. The maximum absolute atomic E-state index is 12.5. The lowest BCUT2D eigenvalue weighted by molar-refractivity contribution is -0.121. The molecule has 3 rings (SSSR count). The van der Waals surface area contributed by atoms with Gasteiger partial charge in [0.2, 0.25) is 5.91 Å². The highest BCUT2D eigenvalue weighted by Gasteiger charge is 2.49. The average Bonchev–Trinajstić information content (AvgIpc) is 2.97. The summed E-state index contributed by atoms with van der Waals surface area (Å²) in [6.45, 7) is 0. The maximum atomic E-state index is 12.5. The van der Waals surface area contributed by atoms with E-state index >= 15 is 0 Å². The van der Waals surface area contributed by atoms with Gasteiger partial charge in [-0.25, -0.2) is 8.42 Å². The van der Waals surface area contributed by atoms with E-state index in [0.717, 1.165) is 19.3 Å². The van der Waals surface area contributed by atoms with Crippen molar-refractivity contribution in [3.05, 3.63) is 29.8 Å². The van der Waals surface area contributed by atoms with Crippen LogP contribution in [0.2, 0.25) is 0 Å². The van der Waals surface area contributed by atoms with E-state index < -0.39 is 9.84 Å². The lowest BCUT2D eigenvalue weighted by Gasteiger charge is -2.27. The third-order valence-electron chi connectivity index (χ3n) is 4.91. The molecule has 1 aromatic carbocycles. The largest absolute Gasteiger partial charge is 0.327 e. The Kier molecular flexibility index (Phi) is 5.38. The predicted molar refractivity (Wildman–Crippen MR) is 93.2 cm³/mol. The Morgan fingerprint density at radius 3 is 2.61 bits per heavy atom. The van der Waals surface area contributed by atoms with E-state index in [1.807, 2.05) is 0 Å². The molecule has 2 aliphatic carbocycles. The van der Waals surface area contributed by atoms with Crippen LogP contribution in [0.25, 0.3) is 0 Å². The van der Waals surface area contributed by atoms with Crippen LogP contribution in [0.1, 0.15) is 24.8 Å². The normalized spacial score (nSPS) is 29.1. The van der Waals surface area contributed by atoms with Crippen LogP contribution >= 0.6 is 12.4 Å². The minimum atomic E-state index is -3.09. The molecule has 2 aliphatic rings. The fraction of sp³-hybridized carbons (Fsp3) is 0.562. The van der Waals surface area contributed by atoms with Crippen LogP contribution in [0, 0.1) is 17.8 Å². The van der Waals surface area contributed by atoms with Gasteiger partial charge in [0.15, 0.2) is 9.84 Å². The average molecular weight is 359 g/mol. The fourth-order valence-corrected chi connectivity index (χ4v) is 4.78. The van der Waals surface area contributed by atoms with Gasteiger partial charge in [0, 0.05) is 18.0 Å². The van der Waals surface area contributed by atoms with Gasteiger partial charge in [0.25, 0.3) is 0 Å². The first-order valence-corrected chi connectivity index (χ1v) is 9.72. The smallest absolute Gasteiger partial charge is 0.229 e. The second-order valence-electron chi connectivity index (χ2n) is 6.70. The van der Waals surface area contributed by atoms with E-state index in [9.17, 15) is 13.2 Å². The Balaban J connectivity index is 0.00000192. The van der Waals surface area contributed by atoms with Crippen molar-refractivity contribution >= 4 is 33.8 Å². The molecule has 7 heteroatoms. The van der Waals surface area contributed by atoms with E-state index in [-0.39, 0.29) is 36.0 Å². The Hall–Kier alpha value is -1.11. The van der Waals surface area contributed by atoms with Crippen LogP contribution < -0.4 is 11.1 Å². The van der Waals surface area contributed by atoms with Crippen molar-refractivity contribution in [2.45, 2.75) is 31.1 Å². The van der Waals surface area contributed by atoms with Gasteiger partial charge in [0.1, 0.15) is 0 Å². The molecule has 23 heavy (non-hydrogen) atoms. The summed E-state index contributed by atoms with van der Waals surface area (Å²) in [5.41, 5.74) is 7.51. The van der Waals surface area contributed by atoms with Crippen LogP contribution in [-0.4, -0.2) is 26.6 Å². The third-order valence-corrected chi connectivity index (χ3v) is 5.76. The number of nitrogens with one attached hydrogen (secondary N) is 1. The van der Waals surface area contributed by atoms with Crippen molar-refractivity contribution in [1.29, 1.82) is 0 Å². The zero-order valence-corrected chi connectivity index (χ0v) is 14.7. The van der Waals surface area contributed by atoms with Gasteiger partial charge in [-0.05, 0) is 48.8 Å². The van der Waals surface area contributed by atoms with Gasteiger partial charge in [-0.2, -0.15) is 0 Å². The van der Waals surface area contributed by atoms with Crippen molar-refractivity contribution in [1.82, 2.24) is 0 Å². The number of sulfone groups is 1. The molecule has 2 bridgehead atoms. The van der Waals surface area contributed by atoms with Crippen LogP contribution in [0.15, 0.2) is 24.3 Å². The van der Waals surface area contributed by atoms with Gasteiger partial charge in [0.05, 0.1) is 11.7 Å². The minimum Gasteiger partial charge on any atom is -0.327 e. The van der Waals surface area contributed by atoms with Crippen molar-refractivity contribution in [2.24, 2.45) is 23.5 Å². The maximum Gasteiger partial charge on any atom is 0.229 e. The van der Waals surface area contributed by atoms with Crippen LogP contribution in [0.4, 0.5) is 5.69 Å². The van der Waals surface area contributed by atoms with E-state index in [1.54, 1.807) is 24.3 Å². The molecule has 2 fully saturated rings. The zero-order valence-electron chi connectivity index (χ0n) is 13.1. The standard InChI is InChI=1S/C16H22N2O3S.ClH/c1-22(20,21)9-10-3-2-4-13(7-10)18-16(19)14-11-5-6-12(8-11)15(14)17;/h2-4,7,11-12,14-15H,5-6,8-9,17H2,1H3,(H,18,19);1H. The summed E-state index contributed by atoms with van der Waals surface area (Å²) in [7, 11) is -3.09. The second kappa shape index (κ2) is 6.79. The predicted octanol–water partition coefficient (Wildman–Crippen LogP) is 1.96. The van der Waals surface area contributed by atoms with Crippen molar-refractivity contribution < 1.29 is 13.2 Å². The van der Waals surface area contributed by atoms with Crippen molar-refractivity contribution in [2.75, 3.05) is 11.6 Å². The number of nitrogens with two attached hydrogens (primary N) is 1. The highest BCUT2D eigenvalue weighted by molar-refractivity contribution is 7.89. The summed E-state index contributed by atoms with van der Waals surface area (Å²) in [5, 5.41) is 2.91. The van der Waals surface area contributed by atoms with E-state index in [1.165, 1.54) is 6.26 Å². The van der Waals surface area contributed by atoms with Gasteiger partial charge in [-0.15, -0.1) is 12.4 Å². The van der Waals surface area contributed by atoms with Crippen molar-refractivity contribution in [3.8, 4) is 0 Å². The quantitative estimate of drug-likeness (QED) is 0.861. The summed E-state index contributed by atoms with van der Waals surface area (Å²) in [5.74, 6) is 0.717. The number of amides is 1. The Bertz CT molecular complexity index is 690. The molecule has 0 aliphatic heterocycles. The number of hydrogen-bond acceptors (Lipinski definition) is 4. The summed E-state index contributed by atoms with van der Waals surface area (Å²) in [4.78, 5) is 12.5. The molecular weight excluding hydrogens is 336 g/mol. The van der Waals surface area contributed by atoms with Gasteiger partial charge >= 0.3 is 0 Å². The van der Waals surface area contributed by atoms with E-state index in [2.05, 4.69) is 5.32 Å². The van der Waals surface area contributed by atoms with Gasteiger partial charge in [-0.1, -0.05) is 12.1 Å². The Labute approximate surface area is 143 Å². The molecule has 2 saturated carbocycles. The van der Waals surface area contributed by atoms with Crippen LogP contribution in [-0.2, 0) is 20.4 Å². The number of benzene rings is 1. The SMILES string of the molecule is CS(=O)(=O)Cc1cccc(NC(=O)C2C3CCC(C3)C2N)c1.Cl. The molecule has 0 aromatic heterocycles. The van der Waals surface area contributed by atoms with Crippen LogP contribution in [0.5, 0.6) is 0 Å². The molecule has 4 unspecified atom stereocenters. The molecule has 1 amide bonds. The molecular formula is C16H23ClN2O3S. The molecule has 5 nitrogen and oxygen atoms in total. The highest BCUT2D eigenvalue weighted by Crippen LogP contribution is 2.47. The number of halogens is 1. The lowest BCUT2D eigenvalue weighted by Crippen LogP contribution is -2.42. The molecule has 128 valence electrons. The molecule has 0 heterocycles. The number of carbonyl (C=O) groups excluding carboxylic acids is 1. The third kappa shape index (κ3) is 4.05. The topological polar surface area (TPSA) is 89.3 Å². The number of carbonyl (C=O) groups is 1. The first-order chi connectivity index (χ1) is 10.3. The highest BCUT2D eigenvalue weighted by atomic mass is 35.5. The van der Waals surface area contributed by atoms with E-state index in [0.29, 0.717) is 23.1 Å². The molecule has 4 atom stereocenters. The summed E-state index contributed by atoms with van der Waals surface area (Å²) in [6.07, 6.45) is 4.49. The summed E-state index contributed by atoms with van der Waals surface area (Å²) in [6, 6.07) is 6.97. The lowest BCUT2D eigenvalue weighted by atomic mass is 9.84. The monoisotopic (exact) mass is 358 g/mol. The summed E-state index contributed by atoms with van der Waals surface area (Å²) >= 11 is 0. The number of fused-ring (bicyclic) bond motifs is 2. The second-order valence-corrected chi connectivity index (χ2v) is 8.84. The summed E-state index contributed by atoms with van der Waals surface area (Å²) < 4.78 is 22.7. The number of rotatable bonds is 4. The fourth-order valence-electron chi connectivity index (χ4n) is 3.99. The molecule has 0 radical (unpaired) electrons. The molecule has 1 aromatic rings. The minimum absolute atomic E-state index is 0. The number of anilines is 1. The van der Waals surface area contributed by atoms with E-state index in [4.69, 9.17) is 5.73 Å². The van der Waals surface area contributed by atoms with Crippen LogP contribution in [0.3, 0.4) is 0 Å². The van der Waals surface area contributed by atoms with Gasteiger partial charge in [-0.3, -0.25) is 4.79 Å². The zero-order chi connectivity index (χ0) is 15.9. The first-order valence-electron chi connectivity index (χ1n) is 7.66.